The van der Waals surface area contributed by atoms with Crippen LogP contribution in [-0.2, 0) is 11.8 Å². The molecule has 1 aromatic heterocycles. The van der Waals surface area contributed by atoms with Gasteiger partial charge in [-0.1, -0.05) is 41.9 Å². The van der Waals surface area contributed by atoms with Gasteiger partial charge in [-0.05, 0) is 36.8 Å². The number of aryl methyl sites for hydroxylation is 2. The Balaban J connectivity index is 1.86. The summed E-state index contributed by atoms with van der Waals surface area (Å²) >= 11 is 6.20. The van der Waals surface area contributed by atoms with Crippen LogP contribution in [0.25, 0.3) is 0 Å². The molecule has 0 radical (unpaired) electrons. The summed E-state index contributed by atoms with van der Waals surface area (Å²) in [7, 11) is 3.22. The lowest BCUT2D eigenvalue weighted by Gasteiger charge is -2.19. The first-order valence-electron chi connectivity index (χ1n) is 8.90. The van der Waals surface area contributed by atoms with Crippen molar-refractivity contribution in [2.24, 2.45) is 7.05 Å². The standard InChI is InChI=1S/C21H21ClN4O3/c1-13-17(19(22)26(2)25-13)20(27)24-18(14-7-5-4-6-8-14)21(28)23-15-9-11-16(29-3)12-10-15/h4-12,18H,1-3H3,(H,23,28)(H,24,27). The number of hydrogen-bond acceptors (Lipinski definition) is 4. The van der Waals surface area contributed by atoms with E-state index >= 15 is 0 Å². The van der Waals surface area contributed by atoms with Gasteiger partial charge in [-0.15, -0.1) is 0 Å². The predicted molar refractivity (Wildman–Crippen MR) is 111 cm³/mol. The van der Waals surface area contributed by atoms with Gasteiger partial charge < -0.3 is 15.4 Å². The molecule has 0 saturated heterocycles. The molecule has 0 spiro atoms. The Kier molecular flexibility index (Phi) is 6.19. The van der Waals surface area contributed by atoms with Gasteiger partial charge in [0.15, 0.2) is 0 Å². The van der Waals surface area contributed by atoms with Gasteiger partial charge in [0, 0.05) is 12.7 Å². The Morgan fingerprint density at radius 1 is 1.10 bits per heavy atom. The fourth-order valence-electron chi connectivity index (χ4n) is 2.93. The van der Waals surface area contributed by atoms with Crippen LogP contribution in [0.15, 0.2) is 54.6 Å². The zero-order valence-electron chi connectivity index (χ0n) is 16.3. The SMILES string of the molecule is COc1ccc(NC(=O)C(NC(=O)c2c(C)nn(C)c2Cl)c2ccccc2)cc1. The molecular formula is C21H21ClN4O3. The number of rotatable bonds is 6. The molecular weight excluding hydrogens is 392 g/mol. The van der Waals surface area contributed by atoms with E-state index in [1.54, 1.807) is 69.6 Å². The quantitative estimate of drug-likeness (QED) is 0.648. The van der Waals surface area contributed by atoms with Crippen LogP contribution in [0.1, 0.15) is 27.7 Å². The molecule has 1 unspecified atom stereocenters. The highest BCUT2D eigenvalue weighted by Gasteiger charge is 2.27. The minimum absolute atomic E-state index is 0.211. The van der Waals surface area contributed by atoms with Gasteiger partial charge in [0.25, 0.3) is 11.8 Å². The van der Waals surface area contributed by atoms with Gasteiger partial charge >= 0.3 is 0 Å². The monoisotopic (exact) mass is 412 g/mol. The number of anilines is 1. The van der Waals surface area contributed by atoms with Crippen LogP contribution in [0.3, 0.4) is 0 Å². The number of aromatic nitrogens is 2. The number of carbonyl (C=O) groups is 2. The van der Waals surface area contributed by atoms with Gasteiger partial charge in [-0.25, -0.2) is 0 Å². The molecule has 3 rings (SSSR count). The number of methoxy groups -OCH3 is 1. The molecule has 0 aliphatic rings. The summed E-state index contributed by atoms with van der Waals surface area (Å²) in [5, 5.41) is 9.96. The summed E-state index contributed by atoms with van der Waals surface area (Å²) in [4.78, 5) is 25.9. The van der Waals surface area contributed by atoms with Crippen LogP contribution < -0.4 is 15.4 Å². The van der Waals surface area contributed by atoms with E-state index in [4.69, 9.17) is 16.3 Å². The molecule has 0 aliphatic heterocycles. The molecule has 29 heavy (non-hydrogen) atoms. The molecule has 150 valence electrons. The van der Waals surface area contributed by atoms with Crippen molar-refractivity contribution in [3.05, 3.63) is 76.6 Å². The zero-order chi connectivity index (χ0) is 21.0. The Morgan fingerprint density at radius 2 is 1.76 bits per heavy atom. The van der Waals surface area contributed by atoms with E-state index in [9.17, 15) is 9.59 Å². The van der Waals surface area contributed by atoms with Crippen molar-refractivity contribution in [2.75, 3.05) is 12.4 Å². The number of amides is 2. The molecule has 2 amide bonds. The average molecular weight is 413 g/mol. The van der Waals surface area contributed by atoms with E-state index in [0.717, 1.165) is 0 Å². The number of hydrogen-bond donors (Lipinski definition) is 2. The van der Waals surface area contributed by atoms with E-state index in [-0.39, 0.29) is 16.6 Å². The Bertz CT molecular complexity index is 1020. The van der Waals surface area contributed by atoms with Crippen LogP contribution in [0.2, 0.25) is 5.15 Å². The summed E-state index contributed by atoms with van der Waals surface area (Å²) in [5.41, 5.74) is 1.95. The van der Waals surface area contributed by atoms with Crippen molar-refractivity contribution in [1.82, 2.24) is 15.1 Å². The van der Waals surface area contributed by atoms with Gasteiger partial charge in [-0.2, -0.15) is 5.10 Å². The molecule has 8 heteroatoms. The van der Waals surface area contributed by atoms with Gasteiger partial charge in [0.2, 0.25) is 0 Å². The van der Waals surface area contributed by atoms with Crippen LogP contribution in [0.4, 0.5) is 5.69 Å². The van der Waals surface area contributed by atoms with E-state index < -0.39 is 11.9 Å². The van der Waals surface area contributed by atoms with Crippen molar-refractivity contribution in [3.63, 3.8) is 0 Å². The van der Waals surface area contributed by atoms with Crippen molar-refractivity contribution in [2.45, 2.75) is 13.0 Å². The van der Waals surface area contributed by atoms with E-state index in [1.807, 2.05) is 6.07 Å². The lowest BCUT2D eigenvalue weighted by molar-refractivity contribution is -0.118. The van der Waals surface area contributed by atoms with Gasteiger partial charge in [0.1, 0.15) is 16.9 Å². The predicted octanol–water partition coefficient (Wildman–Crippen LogP) is 3.50. The molecule has 0 aliphatic carbocycles. The Labute approximate surface area is 173 Å². The smallest absolute Gasteiger partial charge is 0.257 e. The summed E-state index contributed by atoms with van der Waals surface area (Å²) in [6.45, 7) is 1.69. The molecule has 0 fully saturated rings. The van der Waals surface area contributed by atoms with E-state index in [2.05, 4.69) is 15.7 Å². The topological polar surface area (TPSA) is 85.2 Å². The number of nitrogens with one attached hydrogen (secondary N) is 2. The summed E-state index contributed by atoms with van der Waals surface area (Å²) in [5.74, 6) is -0.177. The lowest BCUT2D eigenvalue weighted by Crippen LogP contribution is -2.37. The fraction of sp³-hybridized carbons (Fsp3) is 0.190. The maximum absolute atomic E-state index is 13.0. The third kappa shape index (κ3) is 4.57. The largest absolute Gasteiger partial charge is 0.497 e. The third-order valence-corrected chi connectivity index (χ3v) is 4.84. The molecule has 1 heterocycles. The molecule has 0 saturated carbocycles. The van der Waals surface area contributed by atoms with Crippen LogP contribution in [0.5, 0.6) is 5.75 Å². The molecule has 7 nitrogen and oxygen atoms in total. The second-order valence-electron chi connectivity index (χ2n) is 6.41. The Morgan fingerprint density at radius 3 is 2.31 bits per heavy atom. The number of halogens is 1. The van der Waals surface area contributed by atoms with Crippen molar-refractivity contribution in [3.8, 4) is 5.75 Å². The Hall–Kier alpha value is -3.32. The third-order valence-electron chi connectivity index (χ3n) is 4.41. The minimum Gasteiger partial charge on any atom is -0.497 e. The van der Waals surface area contributed by atoms with Crippen LogP contribution in [0, 0.1) is 6.92 Å². The van der Waals surface area contributed by atoms with Crippen LogP contribution >= 0.6 is 11.6 Å². The second kappa shape index (κ2) is 8.79. The van der Waals surface area contributed by atoms with E-state index in [0.29, 0.717) is 22.7 Å². The fourth-order valence-corrected chi connectivity index (χ4v) is 3.19. The van der Waals surface area contributed by atoms with Gasteiger partial charge in [-0.3, -0.25) is 14.3 Å². The molecule has 2 N–H and O–H groups in total. The van der Waals surface area contributed by atoms with E-state index in [1.165, 1.54) is 4.68 Å². The molecule has 1 atom stereocenters. The summed E-state index contributed by atoms with van der Waals surface area (Å²) < 4.78 is 6.54. The first-order chi connectivity index (χ1) is 13.9. The molecule has 0 bridgehead atoms. The van der Waals surface area contributed by atoms with Crippen molar-refractivity contribution < 1.29 is 14.3 Å². The molecule has 3 aromatic rings. The van der Waals surface area contributed by atoms with Crippen molar-refractivity contribution in [1.29, 1.82) is 0 Å². The highest BCUT2D eigenvalue weighted by molar-refractivity contribution is 6.33. The summed E-state index contributed by atoms with van der Waals surface area (Å²) in [6, 6.07) is 15.0. The maximum atomic E-state index is 13.0. The minimum atomic E-state index is -0.915. The van der Waals surface area contributed by atoms with Crippen molar-refractivity contribution >= 4 is 29.1 Å². The van der Waals surface area contributed by atoms with Crippen LogP contribution in [-0.4, -0.2) is 28.7 Å². The number of ether oxygens (including phenoxy) is 1. The maximum Gasteiger partial charge on any atom is 0.257 e. The average Bonchev–Trinajstić information content (AvgIpc) is 2.98. The number of benzene rings is 2. The molecule has 2 aromatic carbocycles. The summed E-state index contributed by atoms with van der Waals surface area (Å²) in [6.07, 6.45) is 0. The second-order valence-corrected chi connectivity index (χ2v) is 6.77. The highest BCUT2D eigenvalue weighted by atomic mass is 35.5. The number of carbonyl (C=O) groups excluding carboxylic acids is 2. The van der Waals surface area contributed by atoms with Gasteiger partial charge in [0.05, 0.1) is 18.4 Å². The number of nitrogens with zero attached hydrogens (tertiary/aromatic N) is 2. The highest BCUT2D eigenvalue weighted by Crippen LogP contribution is 2.22. The first kappa shape index (κ1) is 20.4. The zero-order valence-corrected chi connectivity index (χ0v) is 17.0. The normalized spacial score (nSPS) is 11.6. The lowest BCUT2D eigenvalue weighted by atomic mass is 10.1. The first-order valence-corrected chi connectivity index (χ1v) is 9.28.